The normalized spacial score (nSPS) is 14.5. The third-order valence-corrected chi connectivity index (χ3v) is 3.65. The molecule has 0 aliphatic carbocycles. The van der Waals surface area contributed by atoms with Crippen molar-refractivity contribution in [2.75, 3.05) is 13.1 Å². The number of carbonyl (C=O) groups excluding carboxylic acids is 1. The van der Waals surface area contributed by atoms with E-state index in [1.54, 1.807) is 23.0 Å². The molecule has 1 fully saturated rings. The number of nitrogens with zero attached hydrogens (tertiary/aromatic N) is 2. The number of halogens is 3. The molecule has 1 aromatic heterocycles. The van der Waals surface area contributed by atoms with Crippen LogP contribution in [0.15, 0.2) is 36.8 Å². The van der Waals surface area contributed by atoms with E-state index in [0.717, 1.165) is 25.9 Å². The molecule has 0 radical (unpaired) electrons. The fraction of sp³-hybridized carbons (Fsp3) is 0.333. The number of amides is 1. The summed E-state index contributed by atoms with van der Waals surface area (Å²) in [7, 11) is 0. The first kappa shape index (κ1) is 19.4. The zero-order chi connectivity index (χ0) is 14.7. The lowest BCUT2D eigenvalue weighted by molar-refractivity contribution is 0.0922. The molecule has 1 saturated heterocycles. The lowest BCUT2D eigenvalue weighted by atomic mass is 10.1. The summed E-state index contributed by atoms with van der Waals surface area (Å²) in [5.41, 5.74) is 1.17. The summed E-state index contributed by atoms with van der Waals surface area (Å²) in [5.74, 6) is -0.455. The summed E-state index contributed by atoms with van der Waals surface area (Å²) in [6.45, 7) is 1.84. The summed E-state index contributed by atoms with van der Waals surface area (Å²) >= 11 is 0. The van der Waals surface area contributed by atoms with E-state index in [9.17, 15) is 9.18 Å². The molecule has 0 spiro atoms. The Labute approximate surface area is 146 Å². The summed E-state index contributed by atoms with van der Waals surface area (Å²) in [5, 5.41) is 6.29. The standard InChI is InChI=1S/C15H17FN4O.2ClH/c16-11-1-3-13(4-2-11)20-10-18-9-14(20)15(21)19-12-5-7-17-8-6-12;;/h1-4,9-10,12,17H,5-8H2,(H,19,21);2*1H. The average molecular weight is 361 g/mol. The van der Waals surface area contributed by atoms with E-state index >= 15 is 0 Å². The van der Waals surface area contributed by atoms with Gasteiger partial charge in [0.25, 0.3) is 5.91 Å². The van der Waals surface area contributed by atoms with Crippen LogP contribution in [0.5, 0.6) is 0 Å². The van der Waals surface area contributed by atoms with Gasteiger partial charge in [0, 0.05) is 11.7 Å². The molecule has 5 nitrogen and oxygen atoms in total. The van der Waals surface area contributed by atoms with Gasteiger partial charge in [-0.05, 0) is 50.2 Å². The van der Waals surface area contributed by atoms with E-state index in [4.69, 9.17) is 0 Å². The van der Waals surface area contributed by atoms with E-state index in [1.165, 1.54) is 18.3 Å². The molecule has 2 heterocycles. The van der Waals surface area contributed by atoms with Gasteiger partial charge in [-0.3, -0.25) is 9.36 Å². The molecule has 1 aromatic carbocycles. The molecule has 0 bridgehead atoms. The fourth-order valence-corrected chi connectivity index (χ4v) is 2.50. The maximum absolute atomic E-state index is 13.0. The molecular formula is C15H19Cl2FN4O. The maximum atomic E-state index is 13.0. The van der Waals surface area contributed by atoms with E-state index in [1.807, 2.05) is 0 Å². The quantitative estimate of drug-likeness (QED) is 0.882. The Morgan fingerprint density at radius 3 is 2.52 bits per heavy atom. The topological polar surface area (TPSA) is 59.0 Å². The Bertz CT molecular complexity index is 627. The molecule has 2 N–H and O–H groups in total. The van der Waals surface area contributed by atoms with Crippen LogP contribution in [0.4, 0.5) is 4.39 Å². The monoisotopic (exact) mass is 360 g/mol. The molecule has 8 heteroatoms. The number of hydrogen-bond donors (Lipinski definition) is 2. The number of benzene rings is 1. The molecule has 1 aliphatic heterocycles. The Hall–Kier alpha value is -1.63. The zero-order valence-corrected chi connectivity index (χ0v) is 14.0. The molecule has 0 unspecified atom stereocenters. The molecular weight excluding hydrogens is 342 g/mol. The molecule has 23 heavy (non-hydrogen) atoms. The van der Waals surface area contributed by atoms with Crippen LogP contribution in [0, 0.1) is 5.82 Å². The highest BCUT2D eigenvalue weighted by Gasteiger charge is 2.19. The highest BCUT2D eigenvalue weighted by molar-refractivity contribution is 5.93. The van der Waals surface area contributed by atoms with Gasteiger partial charge >= 0.3 is 0 Å². The first-order valence-electron chi connectivity index (χ1n) is 7.04. The van der Waals surface area contributed by atoms with Crippen molar-refractivity contribution in [1.29, 1.82) is 0 Å². The van der Waals surface area contributed by atoms with E-state index in [2.05, 4.69) is 15.6 Å². The van der Waals surface area contributed by atoms with Gasteiger partial charge in [0.05, 0.1) is 12.5 Å². The minimum Gasteiger partial charge on any atom is -0.348 e. The van der Waals surface area contributed by atoms with Crippen molar-refractivity contribution in [2.45, 2.75) is 18.9 Å². The predicted molar refractivity (Wildman–Crippen MR) is 91.4 cm³/mol. The van der Waals surface area contributed by atoms with Gasteiger partial charge in [-0.25, -0.2) is 9.37 Å². The summed E-state index contributed by atoms with van der Waals surface area (Å²) in [6.07, 6.45) is 4.94. The van der Waals surface area contributed by atoms with E-state index in [-0.39, 0.29) is 42.6 Å². The zero-order valence-electron chi connectivity index (χ0n) is 12.4. The predicted octanol–water partition coefficient (Wildman–Crippen LogP) is 2.34. The van der Waals surface area contributed by atoms with Gasteiger partial charge < -0.3 is 10.6 Å². The van der Waals surface area contributed by atoms with Crippen molar-refractivity contribution in [3.05, 3.63) is 48.3 Å². The Morgan fingerprint density at radius 1 is 1.22 bits per heavy atom. The van der Waals surface area contributed by atoms with Crippen LogP contribution < -0.4 is 10.6 Å². The molecule has 1 amide bonds. The fourth-order valence-electron chi connectivity index (χ4n) is 2.50. The van der Waals surface area contributed by atoms with Crippen LogP contribution in [0.3, 0.4) is 0 Å². The average Bonchev–Trinajstić information content (AvgIpc) is 2.98. The van der Waals surface area contributed by atoms with Crippen molar-refractivity contribution in [3.8, 4) is 5.69 Å². The maximum Gasteiger partial charge on any atom is 0.270 e. The Kier molecular flexibility index (Phi) is 7.48. The van der Waals surface area contributed by atoms with Crippen LogP contribution in [0.2, 0.25) is 0 Å². The van der Waals surface area contributed by atoms with Gasteiger partial charge in [0.15, 0.2) is 0 Å². The van der Waals surface area contributed by atoms with Gasteiger partial charge in [-0.1, -0.05) is 0 Å². The summed E-state index contributed by atoms with van der Waals surface area (Å²) in [6, 6.07) is 6.17. The van der Waals surface area contributed by atoms with Crippen molar-refractivity contribution >= 4 is 30.7 Å². The van der Waals surface area contributed by atoms with Crippen LogP contribution >= 0.6 is 24.8 Å². The minimum atomic E-state index is -0.306. The molecule has 3 rings (SSSR count). The SMILES string of the molecule is Cl.Cl.O=C(NC1CCNCC1)c1cncn1-c1ccc(F)cc1. The Morgan fingerprint density at radius 2 is 1.87 bits per heavy atom. The minimum absolute atomic E-state index is 0. The van der Waals surface area contributed by atoms with Crippen molar-refractivity contribution in [3.63, 3.8) is 0 Å². The van der Waals surface area contributed by atoms with Gasteiger partial charge in [0.1, 0.15) is 11.5 Å². The number of piperidine rings is 1. The van der Waals surface area contributed by atoms with Crippen molar-refractivity contribution < 1.29 is 9.18 Å². The number of aromatic nitrogens is 2. The highest BCUT2D eigenvalue weighted by Crippen LogP contribution is 2.13. The summed E-state index contributed by atoms with van der Waals surface area (Å²) in [4.78, 5) is 16.4. The van der Waals surface area contributed by atoms with Gasteiger partial charge in [0.2, 0.25) is 0 Å². The second-order valence-corrected chi connectivity index (χ2v) is 5.12. The second-order valence-electron chi connectivity index (χ2n) is 5.12. The van der Waals surface area contributed by atoms with Crippen LogP contribution in [0.1, 0.15) is 23.3 Å². The molecule has 2 aromatic rings. The summed E-state index contributed by atoms with van der Waals surface area (Å²) < 4.78 is 14.6. The van der Waals surface area contributed by atoms with Crippen molar-refractivity contribution in [1.82, 2.24) is 20.2 Å². The van der Waals surface area contributed by atoms with E-state index in [0.29, 0.717) is 11.4 Å². The largest absolute Gasteiger partial charge is 0.348 e. The number of imidazole rings is 1. The van der Waals surface area contributed by atoms with Crippen LogP contribution in [0.25, 0.3) is 5.69 Å². The molecule has 0 saturated carbocycles. The van der Waals surface area contributed by atoms with E-state index < -0.39 is 0 Å². The van der Waals surface area contributed by atoms with Crippen LogP contribution in [-0.4, -0.2) is 34.6 Å². The van der Waals surface area contributed by atoms with Gasteiger partial charge in [-0.2, -0.15) is 0 Å². The first-order chi connectivity index (χ1) is 10.2. The number of rotatable bonds is 3. The smallest absolute Gasteiger partial charge is 0.270 e. The van der Waals surface area contributed by atoms with Gasteiger partial charge in [-0.15, -0.1) is 24.8 Å². The van der Waals surface area contributed by atoms with Crippen molar-refractivity contribution in [2.24, 2.45) is 0 Å². The highest BCUT2D eigenvalue weighted by atomic mass is 35.5. The van der Waals surface area contributed by atoms with Crippen LogP contribution in [-0.2, 0) is 0 Å². The second kappa shape index (κ2) is 8.86. The number of carbonyl (C=O) groups is 1. The lowest BCUT2D eigenvalue weighted by Crippen LogP contribution is -2.43. The third kappa shape index (κ3) is 4.67. The number of hydrogen-bond acceptors (Lipinski definition) is 3. The lowest BCUT2D eigenvalue weighted by Gasteiger charge is -2.23. The molecule has 0 atom stereocenters. The third-order valence-electron chi connectivity index (χ3n) is 3.65. The Balaban J connectivity index is 0.00000132. The number of nitrogens with one attached hydrogen (secondary N) is 2. The molecule has 126 valence electrons. The molecule has 1 aliphatic rings. The first-order valence-corrected chi connectivity index (χ1v) is 7.04.